The Labute approximate surface area is 232 Å². The van der Waals surface area contributed by atoms with Crippen LogP contribution in [0.15, 0.2) is 12.7 Å². The van der Waals surface area contributed by atoms with Gasteiger partial charge in [-0.3, -0.25) is 19.3 Å². The molecule has 39 heavy (non-hydrogen) atoms. The Morgan fingerprint density at radius 3 is 2.56 bits per heavy atom. The second-order valence-electron chi connectivity index (χ2n) is 11.5. The van der Waals surface area contributed by atoms with Gasteiger partial charge in [-0.25, -0.2) is 0 Å². The lowest BCUT2D eigenvalue weighted by molar-refractivity contribution is -0.164. The number of aliphatic hydroxyl groups is 1. The topological polar surface area (TPSA) is 109 Å². The molecule has 2 bridgehead atoms. The van der Waals surface area contributed by atoms with Gasteiger partial charge in [0, 0.05) is 32.7 Å². The molecule has 1 N–H and O–H groups in total. The number of hydrogen-bond donors (Lipinski definition) is 1. The van der Waals surface area contributed by atoms with Gasteiger partial charge in [0.1, 0.15) is 17.6 Å². The van der Waals surface area contributed by atoms with Gasteiger partial charge < -0.3 is 29.1 Å². The average molecular weight is 550 g/mol. The minimum atomic E-state index is -1.14. The number of esters is 1. The third kappa shape index (κ3) is 5.02. The number of morpholine rings is 1. The summed E-state index contributed by atoms with van der Waals surface area (Å²) in [7, 11) is 0. The molecule has 0 aromatic carbocycles. The highest BCUT2D eigenvalue weighted by Crippen LogP contribution is 2.65. The molecule has 2 amide bonds. The van der Waals surface area contributed by atoms with Crippen molar-refractivity contribution >= 4 is 17.8 Å². The van der Waals surface area contributed by atoms with Crippen molar-refractivity contribution in [3.63, 3.8) is 0 Å². The quantitative estimate of drug-likeness (QED) is 0.272. The number of nitrogens with zero attached hydrogens (tertiary/aromatic N) is 3. The van der Waals surface area contributed by atoms with Gasteiger partial charge in [-0.2, -0.15) is 0 Å². The van der Waals surface area contributed by atoms with Crippen molar-refractivity contribution in [3.05, 3.63) is 12.7 Å². The van der Waals surface area contributed by atoms with Crippen LogP contribution in [-0.2, 0) is 28.6 Å². The summed E-state index contributed by atoms with van der Waals surface area (Å²) in [5, 5.41) is 10.5. The average Bonchev–Trinajstić information content (AvgIpc) is 3.55. The van der Waals surface area contributed by atoms with E-state index in [0.29, 0.717) is 52.1 Å². The molecule has 220 valence electrons. The van der Waals surface area contributed by atoms with Crippen LogP contribution in [0.5, 0.6) is 0 Å². The fourth-order valence-electron chi connectivity index (χ4n) is 7.40. The molecular weight excluding hydrogens is 502 g/mol. The fraction of sp³-hybridized carbons (Fsp3) is 0.828. The second kappa shape index (κ2) is 12.2. The van der Waals surface area contributed by atoms with Crippen LogP contribution in [0.4, 0.5) is 0 Å². The zero-order valence-electron chi connectivity index (χ0n) is 24.1. The lowest BCUT2D eigenvalue weighted by Gasteiger charge is -2.41. The van der Waals surface area contributed by atoms with Crippen molar-refractivity contribution in [3.8, 4) is 0 Å². The third-order valence-electron chi connectivity index (χ3n) is 9.69. The van der Waals surface area contributed by atoms with Crippen LogP contribution in [0, 0.1) is 17.8 Å². The molecule has 4 rings (SSSR count). The highest BCUT2D eigenvalue weighted by atomic mass is 16.6. The van der Waals surface area contributed by atoms with E-state index in [2.05, 4.69) is 11.5 Å². The van der Waals surface area contributed by atoms with E-state index in [-0.39, 0.29) is 30.9 Å². The number of rotatable bonds is 13. The molecule has 2 unspecified atom stereocenters. The van der Waals surface area contributed by atoms with Crippen LogP contribution >= 0.6 is 0 Å². The van der Waals surface area contributed by atoms with Gasteiger partial charge in [0.15, 0.2) is 0 Å². The molecule has 0 saturated carbocycles. The fourth-order valence-corrected chi connectivity index (χ4v) is 7.40. The van der Waals surface area contributed by atoms with Crippen LogP contribution < -0.4 is 0 Å². The molecule has 1 spiro atoms. The van der Waals surface area contributed by atoms with Crippen LogP contribution in [0.3, 0.4) is 0 Å². The van der Waals surface area contributed by atoms with Gasteiger partial charge >= 0.3 is 5.97 Å². The summed E-state index contributed by atoms with van der Waals surface area (Å²) in [4.78, 5) is 47.9. The van der Waals surface area contributed by atoms with E-state index >= 15 is 0 Å². The normalized spacial score (nSPS) is 33.6. The Morgan fingerprint density at radius 2 is 1.97 bits per heavy atom. The Morgan fingerprint density at radius 1 is 1.26 bits per heavy atom. The van der Waals surface area contributed by atoms with Crippen LogP contribution in [0.2, 0.25) is 0 Å². The number of aliphatic hydroxyl groups excluding tert-OH is 1. The number of carbonyl (C=O) groups is 3. The summed E-state index contributed by atoms with van der Waals surface area (Å²) in [6.07, 6.45) is 4.06. The van der Waals surface area contributed by atoms with Crippen molar-refractivity contribution in [1.29, 1.82) is 0 Å². The van der Waals surface area contributed by atoms with Crippen molar-refractivity contribution in [2.45, 2.75) is 76.7 Å². The van der Waals surface area contributed by atoms with Gasteiger partial charge in [-0.1, -0.05) is 33.3 Å². The molecule has 4 heterocycles. The SMILES string of the molecule is C=CCN(CCN1CCOCC1)C(=O)C1N([C@@H](CO)[C@@H](C)CC)C(=O)[C@@H]2[C@@H](C(=O)OCC)[C@@]3(CC)CCC12O3. The predicted octanol–water partition coefficient (Wildman–Crippen LogP) is 1.46. The number of ether oxygens (including phenoxy) is 3. The van der Waals surface area contributed by atoms with E-state index in [4.69, 9.17) is 14.2 Å². The van der Waals surface area contributed by atoms with E-state index in [1.807, 2.05) is 20.8 Å². The summed E-state index contributed by atoms with van der Waals surface area (Å²) in [6.45, 7) is 15.9. The molecule has 10 nitrogen and oxygen atoms in total. The molecule has 0 aromatic rings. The van der Waals surface area contributed by atoms with E-state index in [1.54, 1.807) is 22.8 Å². The summed E-state index contributed by atoms with van der Waals surface area (Å²) in [5.74, 6) is -2.58. The first-order valence-corrected chi connectivity index (χ1v) is 14.7. The Bertz CT molecular complexity index is 925. The Balaban J connectivity index is 1.75. The second-order valence-corrected chi connectivity index (χ2v) is 11.5. The molecule has 4 saturated heterocycles. The van der Waals surface area contributed by atoms with E-state index in [1.165, 1.54) is 0 Å². The zero-order chi connectivity index (χ0) is 28.4. The first kappa shape index (κ1) is 30.0. The monoisotopic (exact) mass is 549 g/mol. The van der Waals surface area contributed by atoms with E-state index in [0.717, 1.165) is 19.5 Å². The minimum absolute atomic E-state index is 0.0518. The molecule has 7 atom stereocenters. The van der Waals surface area contributed by atoms with Gasteiger partial charge in [0.25, 0.3) is 0 Å². The van der Waals surface area contributed by atoms with Gasteiger partial charge in [-0.05, 0) is 32.1 Å². The maximum Gasteiger partial charge on any atom is 0.312 e. The molecule has 4 fully saturated rings. The number of hydrogen-bond acceptors (Lipinski definition) is 8. The molecule has 4 aliphatic heterocycles. The molecular formula is C29H47N3O7. The Hall–Kier alpha value is -2.01. The lowest BCUT2D eigenvalue weighted by atomic mass is 9.65. The molecule has 0 aromatic heterocycles. The smallest absolute Gasteiger partial charge is 0.312 e. The van der Waals surface area contributed by atoms with Crippen LogP contribution in [0.25, 0.3) is 0 Å². The lowest BCUT2D eigenvalue weighted by Crippen LogP contribution is -2.60. The maximum atomic E-state index is 14.6. The number of fused-ring (bicyclic) bond motifs is 1. The summed E-state index contributed by atoms with van der Waals surface area (Å²) >= 11 is 0. The third-order valence-corrected chi connectivity index (χ3v) is 9.69. The number of carbonyl (C=O) groups excluding carboxylic acids is 3. The van der Waals surface area contributed by atoms with Gasteiger partial charge in [-0.15, -0.1) is 6.58 Å². The highest BCUT2D eigenvalue weighted by Gasteiger charge is 2.79. The summed E-state index contributed by atoms with van der Waals surface area (Å²) in [6, 6.07) is -1.50. The molecule has 0 radical (unpaired) electrons. The number of amides is 2. The standard InChI is InChI=1S/C29H47N3O7/c1-6-12-31(14-13-30-15-17-37-18-16-30)26(35)24-29-11-10-28(8-3,39-29)23(27(36)38-9-4)22(29)25(34)32(24)21(19-33)20(5)7-2/h6,20-24,33H,1,7-19H2,2-5H3/t20-,21-,22-,23-,24?,28+,29?/m0/s1. The van der Waals surface area contributed by atoms with Crippen molar-refractivity contribution < 1.29 is 33.7 Å². The summed E-state index contributed by atoms with van der Waals surface area (Å²) < 4.78 is 17.8. The molecule has 0 aliphatic carbocycles. The van der Waals surface area contributed by atoms with E-state index < -0.39 is 41.1 Å². The zero-order valence-corrected chi connectivity index (χ0v) is 24.1. The van der Waals surface area contributed by atoms with Crippen LogP contribution in [-0.4, -0.2) is 120 Å². The van der Waals surface area contributed by atoms with Crippen molar-refractivity contribution in [1.82, 2.24) is 14.7 Å². The molecule has 10 heteroatoms. The largest absolute Gasteiger partial charge is 0.466 e. The summed E-state index contributed by atoms with van der Waals surface area (Å²) in [5.41, 5.74) is -1.97. The van der Waals surface area contributed by atoms with Crippen molar-refractivity contribution in [2.24, 2.45) is 17.8 Å². The minimum Gasteiger partial charge on any atom is -0.466 e. The first-order chi connectivity index (χ1) is 18.7. The maximum absolute atomic E-state index is 14.6. The number of likely N-dealkylation sites (tertiary alicyclic amines) is 1. The predicted molar refractivity (Wildman–Crippen MR) is 145 cm³/mol. The van der Waals surface area contributed by atoms with Gasteiger partial charge in [0.2, 0.25) is 11.8 Å². The van der Waals surface area contributed by atoms with Gasteiger partial charge in [0.05, 0.1) is 44.0 Å². The Kier molecular flexibility index (Phi) is 9.41. The van der Waals surface area contributed by atoms with E-state index in [9.17, 15) is 19.5 Å². The van der Waals surface area contributed by atoms with Crippen LogP contribution in [0.1, 0.15) is 53.4 Å². The first-order valence-electron chi connectivity index (χ1n) is 14.7. The molecule has 4 aliphatic rings. The van der Waals surface area contributed by atoms with Crippen molar-refractivity contribution in [2.75, 3.05) is 59.2 Å². The highest BCUT2D eigenvalue weighted by molar-refractivity contribution is 5.98.